The summed E-state index contributed by atoms with van der Waals surface area (Å²) in [6.07, 6.45) is -3.89. The number of nitrogens with zero attached hydrogens (tertiary/aromatic N) is 2. The lowest BCUT2D eigenvalue weighted by Gasteiger charge is -2.29. The molecule has 1 unspecified atom stereocenters. The first-order valence-electron chi connectivity index (χ1n) is 12.6. The Morgan fingerprint density at radius 3 is 2.67 bits per heavy atom. The lowest BCUT2D eigenvalue weighted by molar-refractivity contribution is -0.285. The van der Waals surface area contributed by atoms with Gasteiger partial charge in [0.25, 0.3) is 5.89 Å². The second-order valence-corrected chi connectivity index (χ2v) is 9.92. The van der Waals surface area contributed by atoms with Crippen LogP contribution < -0.4 is 10.1 Å². The fourth-order valence-corrected chi connectivity index (χ4v) is 4.70. The minimum Gasteiger partial charge on any atom is -0.489 e. The van der Waals surface area contributed by atoms with Crippen molar-refractivity contribution in [2.24, 2.45) is 0 Å². The smallest absolute Gasteiger partial charge is 0.489 e. The number of fused-ring (bicyclic) bond motifs is 1. The van der Waals surface area contributed by atoms with Crippen molar-refractivity contribution in [3.8, 4) is 28.6 Å². The molecule has 0 fully saturated rings. The summed E-state index contributed by atoms with van der Waals surface area (Å²) in [6, 6.07) is 9.04. The van der Waals surface area contributed by atoms with Gasteiger partial charge in [-0.05, 0) is 81.5 Å². The van der Waals surface area contributed by atoms with Gasteiger partial charge in [-0.15, -0.1) is 0 Å². The Morgan fingerprint density at radius 2 is 1.98 bits per heavy atom. The normalized spacial score (nSPS) is 15.1. The number of halogens is 4. The molecule has 13 heteroatoms. The summed E-state index contributed by atoms with van der Waals surface area (Å²) in [5, 5.41) is 8.00. The number of hydrogen-bond donors (Lipinski definition) is 1. The lowest BCUT2D eigenvalue weighted by atomic mass is 9.86. The Labute approximate surface area is 232 Å². The van der Waals surface area contributed by atoms with Gasteiger partial charge in [-0.1, -0.05) is 28.9 Å². The highest BCUT2D eigenvalue weighted by molar-refractivity contribution is 6.32. The largest absolute Gasteiger partial charge is 0.495 e. The van der Waals surface area contributed by atoms with Crippen LogP contribution in [0.4, 0.5) is 13.2 Å². The number of carbonyl (C=O) groups is 2. The zero-order valence-electron chi connectivity index (χ0n) is 21.9. The van der Waals surface area contributed by atoms with E-state index in [9.17, 15) is 22.8 Å². The van der Waals surface area contributed by atoms with Crippen molar-refractivity contribution in [3.63, 3.8) is 0 Å². The molecule has 0 spiro atoms. The average Bonchev–Trinajstić information content (AvgIpc) is 3.38. The van der Waals surface area contributed by atoms with Gasteiger partial charge in [-0.25, -0.2) is 19.4 Å². The number of hydrogen-bond acceptors (Lipinski definition) is 9. The van der Waals surface area contributed by atoms with Crippen molar-refractivity contribution in [3.05, 3.63) is 52.0 Å². The van der Waals surface area contributed by atoms with E-state index in [0.717, 1.165) is 28.7 Å². The maximum atomic E-state index is 12.1. The zero-order chi connectivity index (χ0) is 29.0. The molecule has 0 amide bonds. The van der Waals surface area contributed by atoms with E-state index in [2.05, 4.69) is 25.2 Å². The predicted octanol–water partition coefficient (Wildman–Crippen LogP) is 6.07. The molecule has 0 saturated heterocycles. The summed E-state index contributed by atoms with van der Waals surface area (Å²) in [5.74, 6) is -2.33. The van der Waals surface area contributed by atoms with Crippen molar-refractivity contribution in [1.29, 1.82) is 0 Å². The van der Waals surface area contributed by atoms with Crippen LogP contribution >= 0.6 is 11.6 Å². The third-order valence-corrected chi connectivity index (χ3v) is 6.60. The molecule has 1 aliphatic rings. The van der Waals surface area contributed by atoms with Crippen molar-refractivity contribution < 1.29 is 41.8 Å². The molecular weight excluding hydrogens is 555 g/mol. The second kappa shape index (κ2) is 12.3. The van der Waals surface area contributed by atoms with Crippen LogP contribution in [0.5, 0.6) is 5.75 Å². The summed E-state index contributed by atoms with van der Waals surface area (Å²) < 4.78 is 47.6. The predicted molar refractivity (Wildman–Crippen MR) is 137 cm³/mol. The molecule has 40 heavy (non-hydrogen) atoms. The van der Waals surface area contributed by atoms with Crippen LogP contribution in [0, 0.1) is 6.92 Å². The van der Waals surface area contributed by atoms with E-state index >= 15 is 0 Å². The monoisotopic (exact) mass is 581 g/mol. The Hall–Kier alpha value is -3.64. The summed E-state index contributed by atoms with van der Waals surface area (Å²) in [4.78, 5) is 34.4. The number of aromatic nitrogens is 2. The van der Waals surface area contributed by atoms with Crippen LogP contribution in [0.3, 0.4) is 0 Å². The fourth-order valence-electron chi connectivity index (χ4n) is 4.47. The molecular formula is C27H27ClF3N3O6. The molecule has 214 valence electrons. The molecule has 0 saturated carbocycles. The maximum absolute atomic E-state index is 12.1. The van der Waals surface area contributed by atoms with Crippen molar-refractivity contribution >= 4 is 23.5 Å². The number of rotatable bonds is 8. The first kappa shape index (κ1) is 29.3. The number of alkyl halides is 3. The molecule has 1 aromatic heterocycles. The number of nitrogens with one attached hydrogen (secondary N) is 1. The molecule has 2 heterocycles. The third-order valence-electron chi connectivity index (χ3n) is 6.30. The molecule has 0 bridgehead atoms. The van der Waals surface area contributed by atoms with Crippen LogP contribution in [0.1, 0.15) is 55.8 Å². The highest BCUT2D eigenvalue weighted by Crippen LogP contribution is 2.35. The summed E-state index contributed by atoms with van der Waals surface area (Å²) in [6.45, 7) is 6.50. The minimum atomic E-state index is -5.24. The Kier molecular flexibility index (Phi) is 8.99. The van der Waals surface area contributed by atoms with Crippen LogP contribution in [-0.2, 0) is 25.8 Å². The van der Waals surface area contributed by atoms with Gasteiger partial charge in [0.15, 0.2) is 0 Å². The minimum absolute atomic E-state index is 0.0187. The molecule has 2 aromatic carbocycles. The molecule has 4 rings (SSSR count). The molecule has 1 atom stereocenters. The summed E-state index contributed by atoms with van der Waals surface area (Å²) in [7, 11) is 0. The van der Waals surface area contributed by atoms with Gasteiger partial charge in [0.05, 0.1) is 17.5 Å². The number of benzene rings is 2. The first-order valence-corrected chi connectivity index (χ1v) is 13.0. The zero-order valence-corrected chi connectivity index (χ0v) is 22.7. The lowest BCUT2D eigenvalue weighted by Crippen LogP contribution is -2.30. The quantitative estimate of drug-likeness (QED) is 0.250. The molecule has 1 N–H and O–H groups in total. The topological polar surface area (TPSA) is 113 Å². The van der Waals surface area contributed by atoms with Gasteiger partial charge in [0, 0.05) is 17.2 Å². The SMILES string of the molecule is Cc1c(-c2noc(-c3ccc(OC(C)C)c(Cl)c3)n2)ccc2c1CCNC2CCCC(=O)OOC(=O)C(F)(F)F. The van der Waals surface area contributed by atoms with E-state index in [1.54, 1.807) is 18.2 Å². The molecule has 9 nitrogen and oxygen atoms in total. The van der Waals surface area contributed by atoms with Gasteiger partial charge in [0.2, 0.25) is 5.82 Å². The summed E-state index contributed by atoms with van der Waals surface area (Å²) in [5.41, 5.74) is 4.63. The average molecular weight is 582 g/mol. The Bertz CT molecular complexity index is 1390. The van der Waals surface area contributed by atoms with Gasteiger partial charge in [0.1, 0.15) is 5.75 Å². The maximum Gasteiger partial charge on any atom is 0.495 e. The van der Waals surface area contributed by atoms with E-state index in [1.807, 2.05) is 32.9 Å². The van der Waals surface area contributed by atoms with Gasteiger partial charge < -0.3 is 14.6 Å². The first-order chi connectivity index (χ1) is 18.9. The van der Waals surface area contributed by atoms with E-state index in [0.29, 0.717) is 47.4 Å². The standard InChI is InChI=1S/C27H27ClF3N3O6/c1-14(2)37-22-10-7-16(13-20(22)28)25-33-24(34-38-25)18-8-9-19-17(15(18)3)11-12-32-21(19)5-4-6-23(35)39-40-26(36)27(29,30)31/h7-10,13-14,21,32H,4-6,11-12H2,1-3H3. The fraction of sp³-hybridized carbons (Fsp3) is 0.407. The van der Waals surface area contributed by atoms with E-state index in [4.69, 9.17) is 20.9 Å². The molecule has 1 aliphatic heterocycles. The van der Waals surface area contributed by atoms with E-state index < -0.39 is 18.1 Å². The number of carbonyl (C=O) groups excluding carboxylic acids is 2. The van der Waals surface area contributed by atoms with Gasteiger partial charge in [-0.2, -0.15) is 18.2 Å². The van der Waals surface area contributed by atoms with Crippen LogP contribution in [-0.4, -0.2) is 40.9 Å². The summed E-state index contributed by atoms with van der Waals surface area (Å²) >= 11 is 6.36. The Balaban J connectivity index is 1.42. The van der Waals surface area contributed by atoms with Crippen molar-refractivity contribution in [1.82, 2.24) is 15.5 Å². The van der Waals surface area contributed by atoms with E-state index in [-0.39, 0.29) is 18.6 Å². The van der Waals surface area contributed by atoms with Crippen LogP contribution in [0.25, 0.3) is 22.8 Å². The van der Waals surface area contributed by atoms with Crippen molar-refractivity contribution in [2.45, 2.75) is 64.8 Å². The van der Waals surface area contributed by atoms with Crippen LogP contribution in [0.15, 0.2) is 34.9 Å². The van der Waals surface area contributed by atoms with Crippen molar-refractivity contribution in [2.75, 3.05) is 6.54 Å². The third kappa shape index (κ3) is 6.92. The molecule has 3 aromatic rings. The highest BCUT2D eigenvalue weighted by Gasteiger charge is 2.43. The second-order valence-electron chi connectivity index (χ2n) is 9.51. The molecule has 0 radical (unpaired) electrons. The van der Waals surface area contributed by atoms with Gasteiger partial charge >= 0.3 is 18.1 Å². The Morgan fingerprint density at radius 1 is 1.20 bits per heavy atom. The van der Waals surface area contributed by atoms with Crippen LogP contribution in [0.2, 0.25) is 5.02 Å². The van der Waals surface area contributed by atoms with Gasteiger partial charge in [-0.3, -0.25) is 0 Å². The van der Waals surface area contributed by atoms with E-state index in [1.165, 1.54) is 0 Å². The number of ether oxygens (including phenoxy) is 1. The molecule has 0 aliphatic carbocycles. The highest BCUT2D eigenvalue weighted by atomic mass is 35.5.